The highest BCUT2D eigenvalue weighted by atomic mass is 32.2. The second-order valence-electron chi connectivity index (χ2n) is 7.71. The molecular formula is C19H29N4O4S+. The van der Waals surface area contributed by atoms with Crippen LogP contribution in [0.2, 0.25) is 0 Å². The van der Waals surface area contributed by atoms with Gasteiger partial charge in [-0.1, -0.05) is 0 Å². The molecule has 154 valence electrons. The van der Waals surface area contributed by atoms with Gasteiger partial charge in [0.1, 0.15) is 0 Å². The fourth-order valence-corrected chi connectivity index (χ4v) is 4.69. The fraction of sp³-hybridized carbons (Fsp3) is 0.579. The summed E-state index contributed by atoms with van der Waals surface area (Å²) < 4.78 is 26.6. The predicted octanol–water partition coefficient (Wildman–Crippen LogP) is -0.409. The molecule has 9 heteroatoms. The zero-order chi connectivity index (χ0) is 20.3. The molecule has 1 aromatic rings. The lowest BCUT2D eigenvalue weighted by atomic mass is 10.2. The zero-order valence-electron chi connectivity index (χ0n) is 16.4. The summed E-state index contributed by atoms with van der Waals surface area (Å²) in [5, 5.41) is 5.72. The van der Waals surface area contributed by atoms with Gasteiger partial charge in [-0.25, -0.2) is 8.42 Å². The summed E-state index contributed by atoms with van der Waals surface area (Å²) in [6.07, 6.45) is 3.84. The fourth-order valence-electron chi connectivity index (χ4n) is 3.17. The molecular weight excluding hydrogens is 380 g/mol. The second kappa shape index (κ2) is 8.59. The number of sulfonamides is 1. The maximum absolute atomic E-state index is 12.5. The van der Waals surface area contributed by atoms with Crippen molar-refractivity contribution in [1.82, 2.24) is 9.62 Å². The highest BCUT2D eigenvalue weighted by molar-refractivity contribution is 7.89. The number of amides is 2. The van der Waals surface area contributed by atoms with E-state index in [0.717, 1.165) is 30.6 Å². The number of nitrogens with one attached hydrogen (secondary N) is 3. The van der Waals surface area contributed by atoms with Gasteiger partial charge < -0.3 is 15.5 Å². The predicted molar refractivity (Wildman–Crippen MR) is 105 cm³/mol. The van der Waals surface area contributed by atoms with Crippen molar-refractivity contribution in [1.29, 1.82) is 0 Å². The van der Waals surface area contributed by atoms with Crippen molar-refractivity contribution in [2.75, 3.05) is 32.0 Å². The number of carbonyl (C=O) groups is 2. The number of rotatable bonds is 8. The van der Waals surface area contributed by atoms with E-state index in [4.69, 9.17) is 0 Å². The van der Waals surface area contributed by atoms with E-state index >= 15 is 0 Å². The van der Waals surface area contributed by atoms with E-state index in [0.29, 0.717) is 24.8 Å². The lowest BCUT2D eigenvalue weighted by Gasteiger charge is -2.21. The summed E-state index contributed by atoms with van der Waals surface area (Å²) in [6.45, 7) is 3.11. The van der Waals surface area contributed by atoms with Crippen LogP contribution in [0.15, 0.2) is 29.2 Å². The van der Waals surface area contributed by atoms with Gasteiger partial charge in [-0.15, -0.1) is 0 Å². The van der Waals surface area contributed by atoms with Gasteiger partial charge in [0.05, 0.1) is 11.9 Å². The lowest BCUT2D eigenvalue weighted by molar-refractivity contribution is -0.885. The van der Waals surface area contributed by atoms with Crippen molar-refractivity contribution in [3.8, 4) is 0 Å². The van der Waals surface area contributed by atoms with Crippen LogP contribution >= 0.6 is 0 Å². The molecule has 1 aliphatic heterocycles. The molecule has 3 rings (SSSR count). The Balaban J connectivity index is 1.55. The SMILES string of the molecule is C[C@H](C(=O)Nc1ccc(S(=O)(=O)N2CCCC2)cc1)[NH+](C)CC(=O)NC1CC1. The highest BCUT2D eigenvalue weighted by Gasteiger charge is 2.29. The van der Waals surface area contributed by atoms with Crippen molar-refractivity contribution in [3.05, 3.63) is 24.3 Å². The molecule has 2 atom stereocenters. The molecule has 2 aliphatic rings. The summed E-state index contributed by atoms with van der Waals surface area (Å²) in [5.74, 6) is -0.261. The largest absolute Gasteiger partial charge is 0.348 e. The quantitative estimate of drug-likeness (QED) is 0.544. The molecule has 8 nitrogen and oxygen atoms in total. The standard InChI is InChI=1S/C19H28N4O4S/c1-14(22(2)13-18(24)20-15-5-6-15)19(25)21-16-7-9-17(10-8-16)28(26,27)23-11-3-4-12-23/h7-10,14-15H,3-6,11-13H2,1-2H3,(H,20,24)(H,21,25)/p+1/t14-/m1/s1. The molecule has 1 heterocycles. The third-order valence-electron chi connectivity index (χ3n) is 5.34. The van der Waals surface area contributed by atoms with Crippen LogP contribution in [-0.2, 0) is 19.6 Å². The molecule has 0 bridgehead atoms. The number of hydrogen-bond acceptors (Lipinski definition) is 4. The molecule has 0 spiro atoms. The molecule has 3 N–H and O–H groups in total. The summed E-state index contributed by atoms with van der Waals surface area (Å²) in [4.78, 5) is 25.4. The minimum Gasteiger partial charge on any atom is -0.348 e. The van der Waals surface area contributed by atoms with Gasteiger partial charge in [0, 0.05) is 24.8 Å². The number of hydrogen-bond donors (Lipinski definition) is 3. The molecule has 2 amide bonds. The molecule has 2 fully saturated rings. The third kappa shape index (κ3) is 5.09. The third-order valence-corrected chi connectivity index (χ3v) is 7.25. The normalized spacial score (nSPS) is 19.8. The minimum atomic E-state index is -3.46. The van der Waals surface area contributed by atoms with E-state index in [1.807, 2.05) is 7.05 Å². The number of nitrogens with zero attached hydrogens (tertiary/aromatic N) is 1. The van der Waals surface area contributed by atoms with Gasteiger partial charge in [0.25, 0.3) is 11.8 Å². The zero-order valence-corrected chi connectivity index (χ0v) is 17.2. The highest BCUT2D eigenvalue weighted by Crippen LogP contribution is 2.22. The first-order valence-electron chi connectivity index (χ1n) is 9.80. The van der Waals surface area contributed by atoms with Gasteiger partial charge in [0.15, 0.2) is 12.6 Å². The maximum atomic E-state index is 12.5. The monoisotopic (exact) mass is 409 g/mol. The molecule has 0 radical (unpaired) electrons. The second-order valence-corrected chi connectivity index (χ2v) is 9.65. The van der Waals surface area contributed by atoms with Crippen molar-refractivity contribution in [3.63, 3.8) is 0 Å². The molecule has 1 aliphatic carbocycles. The first-order chi connectivity index (χ1) is 13.3. The Morgan fingerprint density at radius 2 is 1.79 bits per heavy atom. The van der Waals surface area contributed by atoms with E-state index < -0.39 is 16.1 Å². The average Bonchev–Trinajstić information content (AvgIpc) is 3.28. The Labute approximate surface area is 166 Å². The van der Waals surface area contributed by atoms with Crippen LogP contribution in [-0.4, -0.2) is 63.3 Å². The van der Waals surface area contributed by atoms with Gasteiger partial charge in [-0.3, -0.25) is 9.59 Å². The van der Waals surface area contributed by atoms with Crippen LogP contribution in [0.4, 0.5) is 5.69 Å². The van der Waals surface area contributed by atoms with E-state index in [1.165, 1.54) is 16.4 Å². The Kier molecular flexibility index (Phi) is 6.36. The van der Waals surface area contributed by atoms with Crippen molar-refractivity contribution >= 4 is 27.5 Å². The summed E-state index contributed by atoms with van der Waals surface area (Å²) in [5.41, 5.74) is 0.535. The number of anilines is 1. The van der Waals surface area contributed by atoms with Crippen LogP contribution in [0.5, 0.6) is 0 Å². The van der Waals surface area contributed by atoms with Crippen molar-refractivity contribution in [2.24, 2.45) is 0 Å². The van der Waals surface area contributed by atoms with Gasteiger partial charge in [0.2, 0.25) is 10.0 Å². The first kappa shape index (κ1) is 20.8. The smallest absolute Gasteiger partial charge is 0.282 e. The molecule has 1 saturated carbocycles. The van der Waals surface area contributed by atoms with Crippen LogP contribution < -0.4 is 15.5 Å². The Morgan fingerprint density at radius 3 is 2.36 bits per heavy atom. The average molecular weight is 410 g/mol. The summed E-state index contributed by atoms with van der Waals surface area (Å²) in [7, 11) is -1.65. The number of carbonyl (C=O) groups excluding carboxylic acids is 2. The van der Waals surface area contributed by atoms with Crippen LogP contribution in [0.25, 0.3) is 0 Å². The number of quaternary nitrogens is 1. The number of likely N-dealkylation sites (N-methyl/N-ethyl adjacent to an activating group) is 1. The minimum absolute atomic E-state index is 0.0453. The van der Waals surface area contributed by atoms with E-state index in [2.05, 4.69) is 10.6 Å². The van der Waals surface area contributed by atoms with Crippen molar-refractivity contribution in [2.45, 2.75) is 49.6 Å². The van der Waals surface area contributed by atoms with Gasteiger partial charge in [-0.05, 0) is 56.9 Å². The summed E-state index contributed by atoms with van der Waals surface area (Å²) >= 11 is 0. The summed E-state index contributed by atoms with van der Waals surface area (Å²) in [6, 6.07) is 6.13. The molecule has 1 unspecified atom stereocenters. The Hall–Kier alpha value is -1.97. The van der Waals surface area contributed by atoms with Crippen molar-refractivity contribution < 1.29 is 22.9 Å². The molecule has 1 aromatic carbocycles. The van der Waals surface area contributed by atoms with E-state index in [-0.39, 0.29) is 23.3 Å². The van der Waals surface area contributed by atoms with Crippen LogP contribution in [0.3, 0.4) is 0 Å². The Morgan fingerprint density at radius 1 is 1.18 bits per heavy atom. The van der Waals surface area contributed by atoms with Gasteiger partial charge in [-0.2, -0.15) is 4.31 Å². The van der Waals surface area contributed by atoms with E-state index in [9.17, 15) is 18.0 Å². The topological polar surface area (TPSA) is 100 Å². The van der Waals surface area contributed by atoms with Crippen LogP contribution in [0.1, 0.15) is 32.6 Å². The van der Waals surface area contributed by atoms with E-state index in [1.54, 1.807) is 19.1 Å². The molecule has 0 aromatic heterocycles. The molecule has 28 heavy (non-hydrogen) atoms. The van der Waals surface area contributed by atoms with Gasteiger partial charge >= 0.3 is 0 Å². The van der Waals surface area contributed by atoms with Crippen LogP contribution in [0, 0.1) is 0 Å². The number of benzene rings is 1. The first-order valence-corrected chi connectivity index (χ1v) is 11.2. The Bertz CT molecular complexity index is 815. The maximum Gasteiger partial charge on any atom is 0.282 e. The molecule has 1 saturated heterocycles. The lowest BCUT2D eigenvalue weighted by Crippen LogP contribution is -3.15.